The van der Waals surface area contributed by atoms with E-state index in [-0.39, 0.29) is 17.2 Å². The number of aromatic nitrogens is 1. The molecule has 1 heterocycles. The smallest absolute Gasteiger partial charge is 0.337 e. The van der Waals surface area contributed by atoms with Gasteiger partial charge in [-0.05, 0) is 61.4 Å². The summed E-state index contributed by atoms with van der Waals surface area (Å²) in [5.41, 5.74) is 8.45. The number of carbonyl (C=O) groups excluding carboxylic acids is 2. The maximum Gasteiger partial charge on any atom is 0.337 e. The number of hydrazine groups is 1. The van der Waals surface area contributed by atoms with E-state index in [0.29, 0.717) is 17.9 Å². The molecule has 0 atom stereocenters. The summed E-state index contributed by atoms with van der Waals surface area (Å²) in [6.07, 6.45) is 2.75. The van der Waals surface area contributed by atoms with Crippen molar-refractivity contribution in [1.82, 2.24) is 15.8 Å². The fraction of sp³-hybridized carbons (Fsp3) is 0.154. The van der Waals surface area contributed by atoms with Crippen molar-refractivity contribution in [2.24, 2.45) is 5.14 Å². The van der Waals surface area contributed by atoms with Crippen molar-refractivity contribution in [2.45, 2.75) is 24.7 Å². The normalized spacial score (nSPS) is 10.7. The number of aryl methyl sites for hydroxylation is 2. The number of methoxy groups -OCH3 is 1. The van der Waals surface area contributed by atoms with E-state index in [9.17, 15) is 18.0 Å². The summed E-state index contributed by atoms with van der Waals surface area (Å²) in [6.45, 7) is 1.88. The lowest BCUT2D eigenvalue weighted by atomic mass is 10.1. The zero-order valence-corrected chi connectivity index (χ0v) is 21.3. The summed E-state index contributed by atoms with van der Waals surface area (Å²) in [7, 11) is -1.95. The van der Waals surface area contributed by atoms with Gasteiger partial charge >= 0.3 is 6.03 Å². The van der Waals surface area contributed by atoms with Gasteiger partial charge in [0.1, 0.15) is 5.75 Å². The van der Waals surface area contributed by atoms with Crippen molar-refractivity contribution in [3.63, 3.8) is 0 Å². The number of carbonyl (C=O) groups is 2. The number of fused-ring (bicyclic) bond motifs is 1. The molecule has 4 rings (SSSR count). The van der Waals surface area contributed by atoms with Gasteiger partial charge in [0.25, 0.3) is 0 Å². The van der Waals surface area contributed by atoms with Gasteiger partial charge < -0.3 is 15.0 Å². The number of hydrogen-bond acceptors (Lipinski definition) is 5. The average Bonchev–Trinajstić information content (AvgIpc) is 3.30. The van der Waals surface area contributed by atoms with Crippen LogP contribution in [0.25, 0.3) is 10.9 Å². The Hall–Kier alpha value is -4.35. The highest BCUT2D eigenvalue weighted by molar-refractivity contribution is 7.89. The Balaban J connectivity index is 0.000000289. The summed E-state index contributed by atoms with van der Waals surface area (Å²) < 4.78 is 26.5. The van der Waals surface area contributed by atoms with Crippen LogP contribution in [-0.2, 0) is 21.2 Å². The van der Waals surface area contributed by atoms with Crippen LogP contribution in [0, 0.1) is 6.92 Å². The maximum absolute atomic E-state index is 11.9. The third-order valence-corrected chi connectivity index (χ3v) is 6.24. The molecule has 0 saturated heterocycles. The second kappa shape index (κ2) is 12.6. The monoisotopic (exact) mass is 523 g/mol. The Morgan fingerprint density at radius 2 is 1.62 bits per heavy atom. The van der Waals surface area contributed by atoms with Gasteiger partial charge in [-0.25, -0.2) is 23.8 Å². The fourth-order valence-corrected chi connectivity index (χ4v) is 3.86. The molecule has 1 aromatic heterocycles. The summed E-state index contributed by atoms with van der Waals surface area (Å²) in [5.74, 6) is 0.432. The zero-order valence-electron chi connectivity index (χ0n) is 20.4. The van der Waals surface area contributed by atoms with Crippen LogP contribution in [0.4, 0.5) is 10.5 Å². The Morgan fingerprint density at radius 1 is 0.946 bits per heavy atom. The van der Waals surface area contributed by atoms with E-state index in [4.69, 9.17) is 9.88 Å². The molecule has 0 saturated carbocycles. The highest BCUT2D eigenvalue weighted by Gasteiger charge is 2.08. The highest BCUT2D eigenvalue weighted by atomic mass is 32.2. The fourth-order valence-electron chi connectivity index (χ4n) is 3.34. The molecule has 3 aromatic carbocycles. The number of ether oxygens (including phenoxy) is 1. The Kier molecular flexibility index (Phi) is 9.25. The maximum atomic E-state index is 11.9. The molecule has 11 heteroatoms. The summed E-state index contributed by atoms with van der Waals surface area (Å²) in [5, 5.41) is 8.60. The zero-order chi connectivity index (χ0) is 26.8. The van der Waals surface area contributed by atoms with Crippen LogP contribution in [0.2, 0.25) is 0 Å². The first-order chi connectivity index (χ1) is 17.7. The molecule has 0 fully saturated rings. The van der Waals surface area contributed by atoms with Gasteiger partial charge in [0.15, 0.2) is 0 Å². The van der Waals surface area contributed by atoms with Crippen LogP contribution in [0.5, 0.6) is 5.75 Å². The number of sulfonamides is 1. The number of amides is 3. The molecule has 6 N–H and O–H groups in total. The molecule has 0 bridgehead atoms. The second-order valence-corrected chi connectivity index (χ2v) is 9.63. The van der Waals surface area contributed by atoms with Crippen molar-refractivity contribution in [1.29, 1.82) is 0 Å². The van der Waals surface area contributed by atoms with Gasteiger partial charge in [-0.2, -0.15) is 0 Å². The van der Waals surface area contributed by atoms with Crippen molar-refractivity contribution in [2.75, 3.05) is 12.4 Å². The summed E-state index contributed by atoms with van der Waals surface area (Å²) >= 11 is 0. The molecular weight excluding hydrogens is 494 g/mol. The van der Waals surface area contributed by atoms with Crippen LogP contribution in [0.3, 0.4) is 0 Å². The lowest BCUT2D eigenvalue weighted by molar-refractivity contribution is -0.121. The number of urea groups is 1. The van der Waals surface area contributed by atoms with Crippen molar-refractivity contribution in [3.05, 3.63) is 90.1 Å². The molecule has 0 aliphatic rings. The summed E-state index contributed by atoms with van der Waals surface area (Å²) in [4.78, 5) is 27.1. The Bertz CT molecular complexity index is 1450. The van der Waals surface area contributed by atoms with Crippen LogP contribution >= 0.6 is 0 Å². The molecule has 0 spiro atoms. The van der Waals surface area contributed by atoms with Gasteiger partial charge in [-0.3, -0.25) is 10.2 Å². The van der Waals surface area contributed by atoms with E-state index in [1.54, 1.807) is 43.5 Å². The lowest BCUT2D eigenvalue weighted by Gasteiger charge is -2.09. The first kappa shape index (κ1) is 27.2. The van der Waals surface area contributed by atoms with Gasteiger partial charge in [0.05, 0.1) is 12.0 Å². The van der Waals surface area contributed by atoms with Crippen molar-refractivity contribution < 1.29 is 22.7 Å². The molecule has 194 valence electrons. The molecule has 0 unspecified atom stereocenters. The number of anilines is 1. The number of benzene rings is 3. The number of para-hydroxylation sites is 1. The van der Waals surface area contributed by atoms with Crippen LogP contribution in [-0.4, -0.2) is 32.4 Å². The molecule has 3 amide bonds. The van der Waals surface area contributed by atoms with Crippen molar-refractivity contribution >= 4 is 38.6 Å². The van der Waals surface area contributed by atoms with E-state index < -0.39 is 16.1 Å². The number of rotatable bonds is 6. The van der Waals surface area contributed by atoms with Gasteiger partial charge in [0, 0.05) is 29.2 Å². The van der Waals surface area contributed by atoms with Crippen LogP contribution < -0.4 is 26.0 Å². The number of hydrogen-bond donors (Lipinski definition) is 5. The molecule has 10 nitrogen and oxygen atoms in total. The number of nitrogens with two attached hydrogens (primary N) is 1. The van der Waals surface area contributed by atoms with E-state index in [0.717, 1.165) is 22.0 Å². The third kappa shape index (κ3) is 8.37. The first-order valence-electron chi connectivity index (χ1n) is 11.3. The average molecular weight is 524 g/mol. The van der Waals surface area contributed by atoms with E-state index >= 15 is 0 Å². The van der Waals surface area contributed by atoms with E-state index in [1.807, 2.05) is 37.4 Å². The molecule has 0 aliphatic heterocycles. The highest BCUT2D eigenvalue weighted by Crippen LogP contribution is 2.19. The van der Waals surface area contributed by atoms with Gasteiger partial charge in [-0.15, -0.1) is 0 Å². The molecule has 4 aromatic rings. The van der Waals surface area contributed by atoms with E-state index in [1.165, 1.54) is 12.1 Å². The van der Waals surface area contributed by atoms with E-state index in [2.05, 4.69) is 21.2 Å². The largest absolute Gasteiger partial charge is 0.497 e. The number of primary sulfonamides is 1. The second-order valence-electron chi connectivity index (χ2n) is 8.07. The van der Waals surface area contributed by atoms with Gasteiger partial charge in [0.2, 0.25) is 15.9 Å². The Labute approximate surface area is 215 Å². The quantitative estimate of drug-likeness (QED) is 0.244. The minimum Gasteiger partial charge on any atom is -0.497 e. The van der Waals surface area contributed by atoms with Gasteiger partial charge in [-0.1, -0.05) is 35.9 Å². The Morgan fingerprint density at radius 3 is 2.27 bits per heavy atom. The van der Waals surface area contributed by atoms with Crippen molar-refractivity contribution in [3.8, 4) is 5.75 Å². The first-order valence-corrected chi connectivity index (χ1v) is 12.8. The predicted octanol–water partition coefficient (Wildman–Crippen LogP) is 3.60. The van der Waals surface area contributed by atoms with Crippen LogP contribution in [0.1, 0.15) is 17.5 Å². The minimum atomic E-state index is -3.52. The number of nitrogens with one attached hydrogen (secondary N) is 4. The minimum absolute atomic E-state index is 0.156. The SMILES string of the molecule is COc1ccc(NC(=O)NNC(=O)CCc2c[nH]c3ccccc23)cc1.Cc1ccc(S(N)(=O)=O)cc1. The topological polar surface area (TPSA) is 155 Å². The molecule has 37 heavy (non-hydrogen) atoms. The number of H-pyrrole nitrogens is 1. The van der Waals surface area contributed by atoms with Crippen LogP contribution in [0.15, 0.2) is 83.9 Å². The standard InChI is InChI=1S/C19H20N4O3.C7H9NO2S/c1-26-15-9-7-14(8-10-15)21-19(25)23-22-18(24)11-6-13-12-20-17-5-3-2-4-16(13)17;1-6-2-4-7(5-3-6)11(8,9)10/h2-5,7-10,12,20H,6,11H2,1H3,(H,22,24)(H2,21,23,25);2-5H,1H3,(H2,8,9,10). The third-order valence-electron chi connectivity index (χ3n) is 5.31. The lowest BCUT2D eigenvalue weighted by Crippen LogP contribution is -2.43. The molecule has 0 aliphatic carbocycles. The number of aromatic amines is 1. The summed E-state index contributed by atoms with van der Waals surface area (Å²) in [6, 6.07) is 20.7. The predicted molar refractivity (Wildman–Crippen MR) is 142 cm³/mol. The molecule has 0 radical (unpaired) electrons. The molecular formula is C26H29N5O5S.